The van der Waals surface area contributed by atoms with Crippen molar-refractivity contribution < 1.29 is 24.2 Å². The van der Waals surface area contributed by atoms with Crippen LogP contribution in [0.3, 0.4) is 0 Å². The van der Waals surface area contributed by atoms with Crippen LogP contribution in [0.1, 0.15) is 34.0 Å². The van der Waals surface area contributed by atoms with Gasteiger partial charge in [-0.05, 0) is 60.5 Å². The Morgan fingerprint density at radius 2 is 1.70 bits per heavy atom. The largest absolute Gasteiger partial charge is 0.493 e. The zero-order valence-corrected chi connectivity index (χ0v) is 21.0. The molecule has 1 unspecified atom stereocenters. The number of benzene rings is 3. The first kappa shape index (κ1) is 24.8. The highest BCUT2D eigenvalue weighted by Crippen LogP contribution is 2.41. The summed E-state index contributed by atoms with van der Waals surface area (Å²) in [5.74, 6) is -0.381. The number of nitrogens with zero attached hydrogens (tertiary/aromatic N) is 1. The van der Waals surface area contributed by atoms with Gasteiger partial charge >= 0.3 is 5.97 Å². The fourth-order valence-electron chi connectivity index (χ4n) is 4.17. The van der Waals surface area contributed by atoms with E-state index in [1.54, 1.807) is 42.6 Å². The molecule has 6 nitrogen and oxygen atoms in total. The van der Waals surface area contributed by atoms with Crippen molar-refractivity contribution in [2.24, 2.45) is 0 Å². The molecular weight excluding hydrogens is 513 g/mol. The summed E-state index contributed by atoms with van der Waals surface area (Å²) in [6.45, 7) is 0.306. The summed E-state index contributed by atoms with van der Waals surface area (Å²) in [5, 5.41) is 10.4. The first-order valence-electron chi connectivity index (χ1n) is 11.6. The highest BCUT2D eigenvalue weighted by atomic mass is 35.5. The van der Waals surface area contributed by atoms with Crippen molar-refractivity contribution in [3.8, 4) is 28.4 Å². The number of halogens is 2. The molecule has 186 valence electrons. The molecule has 8 heteroatoms. The van der Waals surface area contributed by atoms with Crippen LogP contribution < -0.4 is 9.47 Å². The van der Waals surface area contributed by atoms with Crippen molar-refractivity contribution in [3.63, 3.8) is 0 Å². The first-order chi connectivity index (χ1) is 17.9. The monoisotopic (exact) mass is 533 g/mol. The van der Waals surface area contributed by atoms with Crippen molar-refractivity contribution in [2.45, 2.75) is 18.8 Å². The lowest BCUT2D eigenvalue weighted by Crippen LogP contribution is -2.20. The van der Waals surface area contributed by atoms with E-state index >= 15 is 0 Å². The molecular formula is C29H21Cl2NO5. The van der Waals surface area contributed by atoms with Gasteiger partial charge in [0.15, 0.2) is 5.78 Å². The molecule has 3 aromatic carbocycles. The second-order valence-corrected chi connectivity index (χ2v) is 9.46. The number of Topliss-reactive ketones (excluding diaryl/α,β-unsaturated/α-hetero) is 1. The van der Waals surface area contributed by atoms with E-state index in [2.05, 4.69) is 4.98 Å². The third-order valence-electron chi connectivity index (χ3n) is 6.15. The minimum Gasteiger partial charge on any atom is -0.493 e. The molecule has 1 aliphatic heterocycles. The van der Waals surface area contributed by atoms with Gasteiger partial charge in [-0.3, -0.25) is 14.6 Å². The summed E-state index contributed by atoms with van der Waals surface area (Å²) in [7, 11) is 0. The lowest BCUT2D eigenvalue weighted by Gasteiger charge is -2.24. The predicted molar refractivity (Wildman–Crippen MR) is 141 cm³/mol. The average molecular weight is 534 g/mol. The summed E-state index contributed by atoms with van der Waals surface area (Å²) >= 11 is 12.3. The summed E-state index contributed by atoms with van der Waals surface area (Å²) in [6, 6.07) is 21.2. The van der Waals surface area contributed by atoms with Crippen molar-refractivity contribution in [2.75, 3.05) is 6.61 Å². The number of hydrogen-bond acceptors (Lipinski definition) is 5. The zero-order valence-electron chi connectivity index (χ0n) is 19.5. The van der Waals surface area contributed by atoms with Gasteiger partial charge in [0, 0.05) is 39.7 Å². The van der Waals surface area contributed by atoms with Crippen molar-refractivity contribution in [1.82, 2.24) is 4.98 Å². The predicted octanol–water partition coefficient (Wildman–Crippen LogP) is 7.22. The number of aromatic nitrogens is 1. The molecule has 1 aliphatic rings. The number of carbonyl (C=O) groups excluding carboxylic acids is 1. The third kappa shape index (κ3) is 5.61. The fourth-order valence-corrected chi connectivity index (χ4v) is 4.51. The topological polar surface area (TPSA) is 85.7 Å². The number of aliphatic carboxylic acids is 1. The first-order valence-corrected chi connectivity index (χ1v) is 12.3. The van der Waals surface area contributed by atoms with Gasteiger partial charge in [0.05, 0.1) is 24.0 Å². The van der Waals surface area contributed by atoms with Gasteiger partial charge in [-0.1, -0.05) is 41.4 Å². The highest BCUT2D eigenvalue weighted by Gasteiger charge is 2.29. The molecule has 2 heterocycles. The minimum atomic E-state index is -0.915. The van der Waals surface area contributed by atoms with Gasteiger partial charge in [0.1, 0.15) is 17.2 Å². The van der Waals surface area contributed by atoms with E-state index in [4.69, 9.17) is 32.7 Å². The normalized spacial score (nSPS) is 14.4. The van der Waals surface area contributed by atoms with E-state index in [0.29, 0.717) is 52.1 Å². The van der Waals surface area contributed by atoms with Crippen LogP contribution in [-0.2, 0) is 11.2 Å². The molecule has 4 aromatic rings. The molecule has 0 saturated carbocycles. The second kappa shape index (κ2) is 10.6. The van der Waals surface area contributed by atoms with Crippen LogP contribution >= 0.6 is 23.2 Å². The maximum Gasteiger partial charge on any atom is 0.311 e. The van der Waals surface area contributed by atoms with Crippen LogP contribution in [0.4, 0.5) is 0 Å². The molecule has 37 heavy (non-hydrogen) atoms. The van der Waals surface area contributed by atoms with Gasteiger partial charge in [-0.15, -0.1) is 0 Å². The Labute approximate surface area is 223 Å². The van der Waals surface area contributed by atoms with Gasteiger partial charge in [-0.2, -0.15) is 0 Å². The summed E-state index contributed by atoms with van der Waals surface area (Å²) in [5.41, 5.74) is 3.67. The maximum absolute atomic E-state index is 12.8. The summed E-state index contributed by atoms with van der Waals surface area (Å²) in [4.78, 5) is 28.8. The Morgan fingerprint density at radius 1 is 0.973 bits per heavy atom. The molecule has 1 atom stereocenters. The molecule has 0 saturated heterocycles. The van der Waals surface area contributed by atoms with Crippen LogP contribution in [0.5, 0.6) is 17.2 Å². The van der Waals surface area contributed by atoms with Gasteiger partial charge < -0.3 is 14.6 Å². The Kier molecular flexibility index (Phi) is 7.12. The molecule has 5 rings (SSSR count). The van der Waals surface area contributed by atoms with E-state index < -0.39 is 11.9 Å². The fraction of sp³-hybridized carbons (Fsp3) is 0.138. The summed E-state index contributed by atoms with van der Waals surface area (Å²) in [6.07, 6.45) is 2.30. The summed E-state index contributed by atoms with van der Waals surface area (Å²) < 4.78 is 11.5. The number of ether oxygens (including phenoxy) is 2. The average Bonchev–Trinajstić information content (AvgIpc) is 2.90. The quantitative estimate of drug-likeness (QED) is 0.252. The maximum atomic E-state index is 12.8. The third-order valence-corrected chi connectivity index (χ3v) is 6.70. The highest BCUT2D eigenvalue weighted by molar-refractivity contribution is 6.32. The standard InChI is InChI=1S/C29H21Cl2NO5/c30-20-6-1-17(2-7-20)19-3-8-21(32-16-19)13-26(33)18-4-9-22(10-5-18)37-28-15-27-24(14-25(28)31)23(29(34)35)11-12-36-27/h1-10,14-16,23H,11-13H2,(H,34,35). The van der Waals surface area contributed by atoms with E-state index in [0.717, 1.165) is 11.1 Å². The van der Waals surface area contributed by atoms with Gasteiger partial charge in [0.2, 0.25) is 0 Å². The molecule has 0 radical (unpaired) electrons. The van der Waals surface area contributed by atoms with E-state index in [-0.39, 0.29) is 17.2 Å². The number of carboxylic acid groups (broad SMARTS) is 1. The van der Waals surface area contributed by atoms with Crippen molar-refractivity contribution in [1.29, 1.82) is 0 Å². The van der Waals surface area contributed by atoms with E-state index in [1.165, 1.54) is 0 Å². The lowest BCUT2D eigenvalue weighted by atomic mass is 9.93. The number of pyridine rings is 1. The Hall–Kier alpha value is -3.87. The van der Waals surface area contributed by atoms with Gasteiger partial charge in [0.25, 0.3) is 0 Å². The number of rotatable bonds is 7. The lowest BCUT2D eigenvalue weighted by molar-refractivity contribution is -0.139. The second-order valence-electron chi connectivity index (χ2n) is 8.62. The molecule has 0 spiro atoms. The molecule has 0 aliphatic carbocycles. The Morgan fingerprint density at radius 3 is 2.38 bits per heavy atom. The SMILES string of the molecule is O=C(Cc1ccc(-c2ccc(Cl)cc2)cn1)c1ccc(Oc2cc3c(cc2Cl)C(C(=O)O)CCO3)cc1. The molecule has 0 amide bonds. The van der Waals surface area contributed by atoms with Crippen LogP contribution in [0, 0.1) is 0 Å². The molecule has 1 N–H and O–H groups in total. The van der Waals surface area contributed by atoms with Gasteiger partial charge in [-0.25, -0.2) is 0 Å². The number of carbonyl (C=O) groups is 2. The van der Waals surface area contributed by atoms with Crippen LogP contribution in [-0.4, -0.2) is 28.4 Å². The minimum absolute atomic E-state index is 0.0711. The Bertz CT molecular complexity index is 1450. The van der Waals surface area contributed by atoms with Crippen LogP contribution in [0.2, 0.25) is 10.0 Å². The van der Waals surface area contributed by atoms with Crippen molar-refractivity contribution >= 4 is 35.0 Å². The zero-order chi connectivity index (χ0) is 25.9. The van der Waals surface area contributed by atoms with Crippen molar-refractivity contribution in [3.05, 3.63) is 106 Å². The van der Waals surface area contributed by atoms with Crippen LogP contribution in [0.15, 0.2) is 79.0 Å². The van der Waals surface area contributed by atoms with E-state index in [1.807, 2.05) is 36.4 Å². The number of fused-ring (bicyclic) bond motifs is 1. The molecule has 0 bridgehead atoms. The van der Waals surface area contributed by atoms with Crippen LogP contribution in [0.25, 0.3) is 11.1 Å². The molecule has 0 fully saturated rings. The van der Waals surface area contributed by atoms with E-state index in [9.17, 15) is 14.7 Å². The number of carboxylic acids is 1. The number of ketones is 1. The molecule has 1 aromatic heterocycles. The number of hydrogen-bond donors (Lipinski definition) is 1. The Balaban J connectivity index is 1.25. The smallest absolute Gasteiger partial charge is 0.311 e.